The quantitative estimate of drug-likeness (QED) is 0.0513. The van der Waals surface area contributed by atoms with Crippen LogP contribution in [0.4, 0.5) is 0 Å². The number of thioether (sulfide) groups is 2. The molecule has 0 unspecified atom stereocenters. The van der Waals surface area contributed by atoms with Crippen LogP contribution in [0.1, 0.15) is 72.3 Å². The van der Waals surface area contributed by atoms with Gasteiger partial charge in [-0.3, -0.25) is 0 Å². The van der Waals surface area contributed by atoms with Crippen molar-refractivity contribution in [2.45, 2.75) is 68.5 Å². The first-order valence-electron chi connectivity index (χ1n) is 20.3. The van der Waals surface area contributed by atoms with E-state index in [9.17, 15) is 19.2 Å². The molecule has 0 bridgehead atoms. The first kappa shape index (κ1) is 52.2. The minimum Gasteiger partial charge on any atom is -0.0599 e. The molecule has 0 spiro atoms. The minimum absolute atomic E-state index is 0.233. The van der Waals surface area contributed by atoms with E-state index in [1.54, 1.807) is 27.7 Å². The molecule has 344 valence electrons. The molecule has 0 N–H and O–H groups in total. The van der Waals surface area contributed by atoms with Gasteiger partial charge in [-0.1, -0.05) is 23.5 Å². The number of carbonyl (C=O) groups is 4. The summed E-state index contributed by atoms with van der Waals surface area (Å²) < 4.78 is 50.7. The summed E-state index contributed by atoms with van der Waals surface area (Å²) in [6.07, 6.45) is 0. The molecular weight excluding hydrogens is 1010 g/mol. The summed E-state index contributed by atoms with van der Waals surface area (Å²) >= 11 is 11.4. The minimum atomic E-state index is -0.417. The van der Waals surface area contributed by atoms with Gasteiger partial charge < -0.3 is 9.47 Å². The second kappa shape index (κ2) is 26.5. The number of esters is 4. The van der Waals surface area contributed by atoms with Gasteiger partial charge in [-0.15, -0.1) is 0 Å². The van der Waals surface area contributed by atoms with Gasteiger partial charge in [-0.2, -0.15) is 0 Å². The largest absolute Gasteiger partial charge is 0.0599 e. The van der Waals surface area contributed by atoms with Crippen LogP contribution in [-0.2, 0) is 60.6 Å². The fourth-order valence-electron chi connectivity index (χ4n) is 6.14. The summed E-state index contributed by atoms with van der Waals surface area (Å²) in [6, 6.07) is 0. The third-order valence-electron chi connectivity index (χ3n) is 9.25. The Hall–Kier alpha value is -2.46. The van der Waals surface area contributed by atoms with Gasteiger partial charge in [0.2, 0.25) is 0 Å². The summed E-state index contributed by atoms with van der Waals surface area (Å²) in [4.78, 5) is 57.0. The first-order valence-corrected chi connectivity index (χ1v) is 25.2. The summed E-state index contributed by atoms with van der Waals surface area (Å²) in [6.45, 7) is 20.7. The molecule has 4 heterocycles. The summed E-state index contributed by atoms with van der Waals surface area (Å²) in [5.74, 6) is -1.49. The van der Waals surface area contributed by atoms with Crippen LogP contribution < -0.4 is 0 Å². The Balaban J connectivity index is 1.35. The molecule has 0 saturated carbocycles. The van der Waals surface area contributed by atoms with Gasteiger partial charge >= 0.3 is 304 Å². The number of ether oxygens (including phenoxy) is 8. The predicted octanol–water partition coefficient (Wildman–Crippen LogP) is 5.36. The third-order valence-corrected chi connectivity index (χ3v) is 16.0. The summed E-state index contributed by atoms with van der Waals surface area (Å²) in [5.41, 5.74) is 3.11. The van der Waals surface area contributed by atoms with Crippen molar-refractivity contribution in [3.05, 3.63) is 59.4 Å². The Morgan fingerprint density at radius 2 is 0.774 bits per heavy atom. The molecule has 2 aromatic heterocycles. The van der Waals surface area contributed by atoms with Crippen molar-refractivity contribution >= 4 is 101 Å². The number of hydrogen-bond acceptors (Lipinski definition) is 18. The Morgan fingerprint density at radius 1 is 0.468 bits per heavy atom. The number of hydrogen-bond donors (Lipinski definition) is 0. The Labute approximate surface area is 394 Å². The monoisotopic (exact) mass is 1070 g/mol. The molecule has 0 aromatic carbocycles. The van der Waals surface area contributed by atoms with E-state index < -0.39 is 11.9 Å². The van der Waals surface area contributed by atoms with E-state index in [4.69, 9.17) is 37.9 Å². The van der Waals surface area contributed by atoms with E-state index in [0.29, 0.717) is 112 Å². The van der Waals surface area contributed by atoms with Crippen LogP contribution in [0.5, 0.6) is 0 Å². The summed E-state index contributed by atoms with van der Waals surface area (Å²) in [5, 5.41) is 1.55. The Morgan fingerprint density at radius 3 is 1.10 bits per heavy atom. The van der Waals surface area contributed by atoms with Crippen LogP contribution in [0.15, 0.2) is 31.3 Å². The van der Waals surface area contributed by atoms with Crippen molar-refractivity contribution in [1.29, 1.82) is 0 Å². The second-order valence-electron chi connectivity index (χ2n) is 13.1. The number of nitrogens with zero attached hydrogens (tertiary/aromatic N) is 4. The number of allylic oxidation sites excluding steroid dienone is 2. The number of aromatic nitrogens is 2. The summed E-state index contributed by atoms with van der Waals surface area (Å²) in [7, 11) is 0. The zero-order valence-corrected chi connectivity index (χ0v) is 43.1. The van der Waals surface area contributed by atoms with Gasteiger partial charge in [0.1, 0.15) is 9.81 Å². The molecule has 0 fully saturated rings. The maximum absolute atomic E-state index is 13.2. The normalized spacial score (nSPS) is 15.3. The van der Waals surface area contributed by atoms with Crippen molar-refractivity contribution in [2.75, 3.05) is 92.4 Å². The Kier molecular flexibility index (Phi) is 22.3. The van der Waals surface area contributed by atoms with Gasteiger partial charge in [-0.25, -0.2) is 9.59 Å². The number of rotatable bonds is 26. The average molecular weight is 1070 g/mol. The first-order chi connectivity index (χ1) is 29.8. The van der Waals surface area contributed by atoms with Crippen molar-refractivity contribution in [1.82, 2.24) is 18.9 Å². The van der Waals surface area contributed by atoms with Gasteiger partial charge in [0.05, 0.1) is 13.2 Å². The van der Waals surface area contributed by atoms with Crippen molar-refractivity contribution in [3.63, 3.8) is 0 Å². The Bertz CT molecular complexity index is 1980. The third kappa shape index (κ3) is 13.8. The van der Waals surface area contributed by atoms with E-state index in [0.717, 1.165) is 39.9 Å². The van der Waals surface area contributed by atoms with Gasteiger partial charge in [-0.05, 0) is 27.7 Å². The molecule has 0 atom stereocenters. The molecule has 0 saturated heterocycles. The maximum Gasteiger partial charge on any atom is -0.0599 e. The van der Waals surface area contributed by atoms with E-state index >= 15 is 0 Å². The molecule has 22 heteroatoms. The van der Waals surface area contributed by atoms with Crippen LogP contribution in [0.2, 0.25) is 0 Å². The molecular formula is C40H56N4O12S4Se2. The van der Waals surface area contributed by atoms with Gasteiger partial charge in [0.15, 0.2) is 0 Å². The van der Waals surface area contributed by atoms with Gasteiger partial charge in [0, 0.05) is 0 Å². The van der Waals surface area contributed by atoms with Crippen LogP contribution in [0, 0.1) is 20.9 Å². The average Bonchev–Trinajstić information content (AvgIpc) is 3.93. The van der Waals surface area contributed by atoms with E-state index in [1.165, 1.54) is 46.2 Å². The smallest absolute Gasteiger partial charge is 0.0599 e. The molecule has 0 radical (unpaired) electrons. The zero-order valence-electron chi connectivity index (χ0n) is 36.5. The second-order valence-corrected chi connectivity index (χ2v) is 19.9. The number of thiazole rings is 2. The van der Waals surface area contributed by atoms with Crippen molar-refractivity contribution in [3.8, 4) is 0 Å². The van der Waals surface area contributed by atoms with Crippen LogP contribution in [0.25, 0.3) is 0 Å². The maximum atomic E-state index is 13.2. The fourth-order valence-corrected chi connectivity index (χ4v) is 12.5. The van der Waals surface area contributed by atoms with Crippen LogP contribution >= 0.6 is 46.2 Å². The molecule has 62 heavy (non-hydrogen) atoms. The topological polar surface area (TPSA) is 158 Å². The van der Waals surface area contributed by atoms with E-state index in [2.05, 4.69) is 31.2 Å². The number of carbonyl (C=O) groups excluding carboxylic acids is 4. The molecule has 0 amide bonds. The van der Waals surface area contributed by atoms with Crippen LogP contribution in [0.3, 0.4) is 0 Å². The standard InChI is InChI=1S/C40H56N4O12S4Se2/c1-9-53-35(45)29-25(5)41(13-17-49-21-23-51-19-15-43-27(7)31(59-39(43)61)37(47)55-11-3)33(57-29)34-42(26(6)30(58-34)36(46)54-10-2)14-18-50-22-24-52-20-16-44-28(8)32(60-40(44)62)38(48)56-12-4/h9-24H2,1-8H3/b34-33+. The zero-order chi connectivity index (χ0) is 45.3. The molecule has 0 aliphatic carbocycles. The van der Waals surface area contributed by atoms with Gasteiger partial charge in [0.25, 0.3) is 0 Å². The van der Waals surface area contributed by atoms with Crippen molar-refractivity contribution < 1.29 is 57.1 Å². The van der Waals surface area contributed by atoms with Crippen LogP contribution in [-0.4, -0.2) is 166 Å². The molecule has 2 aliphatic heterocycles. The molecule has 2 aromatic rings. The predicted molar refractivity (Wildman–Crippen MR) is 242 cm³/mol. The van der Waals surface area contributed by atoms with E-state index in [1.807, 2.05) is 46.6 Å². The molecule has 2 aliphatic rings. The fraction of sp³-hybridized carbons (Fsp3) is 0.600. The molecule has 4 rings (SSSR count). The SMILES string of the molecule is CCOC(=O)C1=C(C)N(CCOCCOCCn2c(C)c(C(=O)OCC)sc2=[Se])/C(=C2\SC(C(=O)OCC)=C(C)N2CCOCCOCCn2c(C)c(C(=O)OCC)sc2=[Se])S1. The van der Waals surface area contributed by atoms with Crippen molar-refractivity contribution in [2.24, 2.45) is 0 Å². The molecule has 16 nitrogen and oxygen atoms in total. The van der Waals surface area contributed by atoms with E-state index in [-0.39, 0.29) is 25.2 Å².